The Morgan fingerprint density at radius 3 is 2.75 bits per heavy atom. The predicted molar refractivity (Wildman–Crippen MR) is 66.3 cm³/mol. The third kappa shape index (κ3) is 2.96. The summed E-state index contributed by atoms with van der Waals surface area (Å²) < 4.78 is 5.43. The summed E-state index contributed by atoms with van der Waals surface area (Å²) in [6.45, 7) is 6.23. The van der Waals surface area contributed by atoms with E-state index in [-0.39, 0.29) is 0 Å². The second-order valence-electron chi connectivity index (χ2n) is 5.84. The lowest BCUT2D eigenvalue weighted by molar-refractivity contribution is 0.0223. The predicted octanol–water partition coefficient (Wildman–Crippen LogP) is 1.52. The molecule has 94 valence electrons. The quantitative estimate of drug-likeness (QED) is 0.764. The first-order valence-electron chi connectivity index (χ1n) is 6.75. The van der Waals surface area contributed by atoms with Crippen molar-refractivity contribution in [3.63, 3.8) is 0 Å². The maximum atomic E-state index is 5.81. The number of ether oxygens (including phenoxy) is 1. The van der Waals surface area contributed by atoms with E-state index in [9.17, 15) is 0 Å². The Hall–Kier alpha value is -0.120. The van der Waals surface area contributed by atoms with Gasteiger partial charge < -0.3 is 15.8 Å². The fourth-order valence-corrected chi connectivity index (χ4v) is 3.01. The molecule has 2 aliphatic rings. The Bertz CT molecular complexity index is 214. The lowest BCUT2D eigenvalue weighted by Gasteiger charge is -2.35. The lowest BCUT2D eigenvalue weighted by Crippen LogP contribution is -2.43. The van der Waals surface area contributed by atoms with Gasteiger partial charge in [-0.1, -0.05) is 13.3 Å². The minimum Gasteiger partial charge on any atom is -0.381 e. The number of hydrogen-bond acceptors (Lipinski definition) is 3. The van der Waals surface area contributed by atoms with Crippen molar-refractivity contribution in [2.45, 2.75) is 45.1 Å². The van der Waals surface area contributed by atoms with Gasteiger partial charge in [0.25, 0.3) is 0 Å². The number of nitrogens with one attached hydrogen (secondary N) is 1. The van der Waals surface area contributed by atoms with Gasteiger partial charge in [0.2, 0.25) is 0 Å². The summed E-state index contributed by atoms with van der Waals surface area (Å²) in [6, 6.07) is 0.671. The molecule has 0 amide bonds. The molecular formula is C13H26N2O. The van der Waals surface area contributed by atoms with Crippen molar-refractivity contribution in [3.05, 3.63) is 0 Å². The molecule has 2 unspecified atom stereocenters. The molecule has 3 N–H and O–H groups in total. The van der Waals surface area contributed by atoms with Gasteiger partial charge in [-0.3, -0.25) is 0 Å². The summed E-state index contributed by atoms with van der Waals surface area (Å²) in [5.74, 6) is 0.712. The van der Waals surface area contributed by atoms with Crippen molar-refractivity contribution in [2.75, 3.05) is 26.3 Å². The number of rotatable bonds is 4. The molecule has 3 nitrogen and oxygen atoms in total. The van der Waals surface area contributed by atoms with E-state index in [2.05, 4.69) is 12.2 Å². The van der Waals surface area contributed by atoms with Gasteiger partial charge >= 0.3 is 0 Å². The maximum absolute atomic E-state index is 5.81. The highest BCUT2D eigenvalue weighted by atomic mass is 16.5. The number of hydrogen-bond donors (Lipinski definition) is 2. The van der Waals surface area contributed by atoms with Gasteiger partial charge in [0.1, 0.15) is 0 Å². The summed E-state index contributed by atoms with van der Waals surface area (Å²) >= 11 is 0. The fourth-order valence-electron chi connectivity index (χ4n) is 3.01. The average Bonchev–Trinajstić information content (AvgIpc) is 2.75. The highest BCUT2D eigenvalue weighted by molar-refractivity contribution is 4.87. The van der Waals surface area contributed by atoms with Crippen molar-refractivity contribution in [1.29, 1.82) is 0 Å². The zero-order valence-corrected chi connectivity index (χ0v) is 10.5. The Kier molecular flexibility index (Phi) is 4.22. The highest BCUT2D eigenvalue weighted by Gasteiger charge is 2.31. The van der Waals surface area contributed by atoms with Crippen LogP contribution in [0.1, 0.15) is 39.0 Å². The van der Waals surface area contributed by atoms with Gasteiger partial charge in [-0.05, 0) is 43.6 Å². The van der Waals surface area contributed by atoms with Crippen LogP contribution in [0.15, 0.2) is 0 Å². The SMILES string of the molecule is CC1(CNC2CCCC2CN)CCOCC1. The van der Waals surface area contributed by atoms with Crippen LogP contribution in [-0.4, -0.2) is 32.3 Å². The average molecular weight is 226 g/mol. The Morgan fingerprint density at radius 2 is 2.06 bits per heavy atom. The molecule has 1 heterocycles. The van der Waals surface area contributed by atoms with Crippen LogP contribution in [0.4, 0.5) is 0 Å². The van der Waals surface area contributed by atoms with Crippen LogP contribution in [0.25, 0.3) is 0 Å². The summed E-state index contributed by atoms with van der Waals surface area (Å²) in [7, 11) is 0. The molecule has 0 spiro atoms. The Balaban J connectivity index is 1.77. The molecule has 1 aliphatic carbocycles. The standard InChI is InChI=1S/C13H26N2O/c1-13(5-7-16-8-6-13)10-15-12-4-2-3-11(12)9-14/h11-12,15H,2-10,14H2,1H3. The van der Waals surface area contributed by atoms with Gasteiger partial charge in [0.15, 0.2) is 0 Å². The van der Waals surface area contributed by atoms with Gasteiger partial charge in [-0.15, -0.1) is 0 Å². The Morgan fingerprint density at radius 1 is 1.31 bits per heavy atom. The van der Waals surface area contributed by atoms with Gasteiger partial charge in [-0.25, -0.2) is 0 Å². The molecule has 0 aromatic carbocycles. The summed E-state index contributed by atoms with van der Waals surface area (Å²) in [4.78, 5) is 0. The molecule has 0 radical (unpaired) electrons. The monoisotopic (exact) mass is 226 g/mol. The van der Waals surface area contributed by atoms with E-state index >= 15 is 0 Å². The van der Waals surface area contributed by atoms with Gasteiger partial charge in [0.05, 0.1) is 0 Å². The first kappa shape index (κ1) is 12.3. The second kappa shape index (κ2) is 5.48. The summed E-state index contributed by atoms with van der Waals surface area (Å²) in [5.41, 5.74) is 6.25. The van der Waals surface area contributed by atoms with Gasteiger partial charge in [0, 0.05) is 25.8 Å². The van der Waals surface area contributed by atoms with Crippen molar-refractivity contribution < 1.29 is 4.74 Å². The van der Waals surface area contributed by atoms with E-state index in [4.69, 9.17) is 10.5 Å². The third-order valence-corrected chi connectivity index (χ3v) is 4.45. The van der Waals surface area contributed by atoms with E-state index in [0.717, 1.165) is 26.3 Å². The van der Waals surface area contributed by atoms with Crippen LogP contribution in [-0.2, 0) is 4.74 Å². The number of nitrogens with two attached hydrogens (primary N) is 1. The molecule has 2 atom stereocenters. The van der Waals surface area contributed by atoms with Crippen molar-refractivity contribution in [1.82, 2.24) is 5.32 Å². The zero-order valence-electron chi connectivity index (χ0n) is 10.5. The van der Waals surface area contributed by atoms with Crippen LogP contribution >= 0.6 is 0 Å². The molecule has 1 aliphatic heterocycles. The Labute approximate surface area is 99.1 Å². The molecule has 3 heteroatoms. The van der Waals surface area contributed by atoms with E-state index < -0.39 is 0 Å². The molecule has 0 bridgehead atoms. The molecule has 2 fully saturated rings. The van der Waals surface area contributed by atoms with E-state index in [0.29, 0.717) is 17.4 Å². The van der Waals surface area contributed by atoms with Gasteiger partial charge in [-0.2, -0.15) is 0 Å². The highest BCUT2D eigenvalue weighted by Crippen LogP contribution is 2.31. The molecule has 1 saturated heterocycles. The minimum absolute atomic E-state index is 0.444. The minimum atomic E-state index is 0.444. The molecule has 16 heavy (non-hydrogen) atoms. The fraction of sp³-hybridized carbons (Fsp3) is 1.00. The van der Waals surface area contributed by atoms with Crippen LogP contribution in [0, 0.1) is 11.3 Å². The molecule has 0 aromatic rings. The van der Waals surface area contributed by atoms with Crippen LogP contribution in [0.3, 0.4) is 0 Å². The molecular weight excluding hydrogens is 200 g/mol. The summed E-state index contributed by atoms with van der Waals surface area (Å²) in [5, 5.41) is 3.76. The first-order valence-corrected chi connectivity index (χ1v) is 6.75. The molecule has 1 saturated carbocycles. The van der Waals surface area contributed by atoms with E-state index in [1.165, 1.54) is 32.1 Å². The van der Waals surface area contributed by atoms with Crippen molar-refractivity contribution >= 4 is 0 Å². The van der Waals surface area contributed by atoms with Crippen LogP contribution in [0.5, 0.6) is 0 Å². The molecule has 0 aromatic heterocycles. The normalized spacial score (nSPS) is 34.1. The van der Waals surface area contributed by atoms with Crippen molar-refractivity contribution in [3.8, 4) is 0 Å². The third-order valence-electron chi connectivity index (χ3n) is 4.45. The maximum Gasteiger partial charge on any atom is 0.0471 e. The topological polar surface area (TPSA) is 47.3 Å². The first-order chi connectivity index (χ1) is 7.73. The zero-order chi connectivity index (χ0) is 11.4. The van der Waals surface area contributed by atoms with Crippen LogP contribution < -0.4 is 11.1 Å². The van der Waals surface area contributed by atoms with Crippen LogP contribution in [0.2, 0.25) is 0 Å². The second-order valence-corrected chi connectivity index (χ2v) is 5.84. The lowest BCUT2D eigenvalue weighted by atomic mass is 9.82. The largest absolute Gasteiger partial charge is 0.381 e. The van der Waals surface area contributed by atoms with E-state index in [1.54, 1.807) is 0 Å². The smallest absolute Gasteiger partial charge is 0.0471 e. The summed E-state index contributed by atoms with van der Waals surface area (Å²) in [6.07, 6.45) is 6.36. The van der Waals surface area contributed by atoms with Crippen molar-refractivity contribution in [2.24, 2.45) is 17.1 Å². The van der Waals surface area contributed by atoms with E-state index in [1.807, 2.05) is 0 Å². The molecule has 2 rings (SSSR count).